The summed E-state index contributed by atoms with van der Waals surface area (Å²) in [4.78, 5) is 15.6. The van der Waals surface area contributed by atoms with Crippen molar-refractivity contribution in [2.24, 2.45) is 11.8 Å². The molecule has 2 fully saturated rings. The molecule has 1 aromatic heterocycles. The summed E-state index contributed by atoms with van der Waals surface area (Å²) in [7, 11) is 0. The van der Waals surface area contributed by atoms with Crippen LogP contribution in [-0.4, -0.2) is 43.6 Å². The Balaban J connectivity index is 0.00000192. The van der Waals surface area contributed by atoms with Gasteiger partial charge in [0, 0.05) is 18.0 Å². The second-order valence-corrected chi connectivity index (χ2v) is 7.23. The Morgan fingerprint density at radius 1 is 1.35 bits per heavy atom. The van der Waals surface area contributed by atoms with Crippen LogP contribution in [0.2, 0.25) is 0 Å². The van der Waals surface area contributed by atoms with Gasteiger partial charge in [-0.2, -0.15) is 8.78 Å². The fraction of sp³-hybridized carbons (Fsp3) is 0.667. The van der Waals surface area contributed by atoms with Gasteiger partial charge in [-0.1, -0.05) is 0 Å². The minimum atomic E-state index is -2.91. The van der Waals surface area contributed by atoms with E-state index in [1.807, 2.05) is 0 Å². The second-order valence-electron chi connectivity index (χ2n) is 5.98. The van der Waals surface area contributed by atoms with Crippen molar-refractivity contribution < 1.29 is 18.3 Å². The normalized spacial score (nSPS) is 24.1. The first kappa shape index (κ1) is 18.4. The summed E-state index contributed by atoms with van der Waals surface area (Å²) >= 11 is 1.22. The molecule has 2 saturated heterocycles. The van der Waals surface area contributed by atoms with Crippen LogP contribution in [0.1, 0.15) is 27.4 Å². The molecule has 0 spiro atoms. The van der Waals surface area contributed by atoms with Crippen LogP contribution in [0.5, 0.6) is 5.75 Å². The van der Waals surface area contributed by atoms with E-state index in [4.69, 9.17) is 0 Å². The predicted molar refractivity (Wildman–Crippen MR) is 87.9 cm³/mol. The first-order valence-corrected chi connectivity index (χ1v) is 8.41. The predicted octanol–water partition coefficient (Wildman–Crippen LogP) is 3.15. The SMILES string of the molecule is Cc1cc(OC(F)F)c(C(=O)N2CC[C@@H]3CNC[C@@H]3CC2)s1.Cl. The molecule has 2 aliphatic heterocycles. The number of carbonyl (C=O) groups excluding carboxylic acids is 1. The number of aryl methyl sites for hydroxylation is 1. The maximum atomic E-state index is 12.7. The molecule has 8 heteroatoms. The quantitative estimate of drug-likeness (QED) is 0.893. The smallest absolute Gasteiger partial charge is 0.387 e. The molecule has 4 nitrogen and oxygen atoms in total. The zero-order chi connectivity index (χ0) is 15.7. The third kappa shape index (κ3) is 4.14. The molecule has 0 saturated carbocycles. The van der Waals surface area contributed by atoms with Crippen molar-refractivity contribution in [3.8, 4) is 5.75 Å². The van der Waals surface area contributed by atoms with Gasteiger partial charge in [-0.25, -0.2) is 0 Å². The van der Waals surface area contributed by atoms with Crippen molar-refractivity contribution in [3.05, 3.63) is 15.8 Å². The largest absolute Gasteiger partial charge is 0.433 e. The number of nitrogens with one attached hydrogen (secondary N) is 1. The number of thiophene rings is 1. The molecule has 130 valence electrons. The minimum absolute atomic E-state index is 0. The van der Waals surface area contributed by atoms with Crippen molar-refractivity contribution in [2.45, 2.75) is 26.4 Å². The van der Waals surface area contributed by atoms with E-state index in [0.29, 0.717) is 29.8 Å². The number of fused-ring (bicyclic) bond motifs is 1. The Morgan fingerprint density at radius 3 is 2.52 bits per heavy atom. The third-order valence-corrected chi connectivity index (χ3v) is 5.56. The van der Waals surface area contributed by atoms with E-state index >= 15 is 0 Å². The van der Waals surface area contributed by atoms with Gasteiger partial charge in [-0.3, -0.25) is 4.79 Å². The van der Waals surface area contributed by atoms with E-state index in [9.17, 15) is 13.6 Å². The van der Waals surface area contributed by atoms with Crippen LogP contribution in [0.4, 0.5) is 8.78 Å². The molecule has 0 radical (unpaired) electrons. The van der Waals surface area contributed by atoms with Crippen LogP contribution in [0, 0.1) is 18.8 Å². The average molecular weight is 367 g/mol. The third-order valence-electron chi connectivity index (χ3n) is 4.54. The van der Waals surface area contributed by atoms with E-state index in [0.717, 1.165) is 30.8 Å². The molecule has 23 heavy (non-hydrogen) atoms. The van der Waals surface area contributed by atoms with Gasteiger partial charge in [0.05, 0.1) is 0 Å². The number of halogens is 3. The molecule has 3 rings (SSSR count). The summed E-state index contributed by atoms with van der Waals surface area (Å²) in [5.74, 6) is 1.08. The standard InChI is InChI=1S/C15H20F2N2O2S.ClH/c1-9-6-12(21-15(16)17)13(22-9)14(20)19-4-2-10-7-18-8-11(10)3-5-19;/h6,10-11,15,18H,2-5,7-8H2,1H3;1H/t10-,11+;. The van der Waals surface area contributed by atoms with Gasteiger partial charge in [0.15, 0.2) is 0 Å². The first-order valence-electron chi connectivity index (χ1n) is 7.60. The van der Waals surface area contributed by atoms with Crippen LogP contribution >= 0.6 is 23.7 Å². The van der Waals surface area contributed by atoms with Crippen LogP contribution < -0.4 is 10.1 Å². The highest BCUT2D eigenvalue weighted by atomic mass is 35.5. The lowest BCUT2D eigenvalue weighted by Gasteiger charge is -2.20. The number of carbonyl (C=O) groups is 1. The van der Waals surface area contributed by atoms with E-state index in [1.165, 1.54) is 17.4 Å². The molecule has 2 atom stereocenters. The Bertz CT molecular complexity index is 542. The van der Waals surface area contributed by atoms with Crippen LogP contribution in [0.25, 0.3) is 0 Å². The van der Waals surface area contributed by atoms with Gasteiger partial charge in [0.1, 0.15) is 10.6 Å². The summed E-state index contributed by atoms with van der Waals surface area (Å²) in [6, 6.07) is 1.51. The van der Waals surface area contributed by atoms with Crippen LogP contribution in [-0.2, 0) is 0 Å². The van der Waals surface area contributed by atoms with E-state index in [-0.39, 0.29) is 24.1 Å². The molecular formula is C15H21ClF2N2O2S. The first-order chi connectivity index (χ1) is 10.5. The number of amides is 1. The average Bonchev–Trinajstić information content (AvgIpc) is 2.99. The number of nitrogens with zero attached hydrogens (tertiary/aromatic N) is 1. The zero-order valence-corrected chi connectivity index (χ0v) is 14.5. The summed E-state index contributed by atoms with van der Waals surface area (Å²) in [6.07, 6.45) is 1.94. The number of hydrogen-bond donors (Lipinski definition) is 1. The Labute approximate surface area is 144 Å². The highest BCUT2D eigenvalue weighted by Crippen LogP contribution is 2.33. The highest BCUT2D eigenvalue weighted by molar-refractivity contribution is 7.14. The highest BCUT2D eigenvalue weighted by Gasteiger charge is 2.33. The van der Waals surface area contributed by atoms with Gasteiger partial charge in [-0.15, -0.1) is 23.7 Å². The Morgan fingerprint density at radius 2 is 1.96 bits per heavy atom. The number of ether oxygens (including phenoxy) is 1. The number of alkyl halides is 2. The van der Waals surface area contributed by atoms with E-state index < -0.39 is 6.61 Å². The van der Waals surface area contributed by atoms with Crippen molar-refractivity contribution in [1.82, 2.24) is 10.2 Å². The van der Waals surface area contributed by atoms with Crippen molar-refractivity contribution in [1.29, 1.82) is 0 Å². The maximum Gasteiger partial charge on any atom is 0.387 e. The van der Waals surface area contributed by atoms with Crippen LogP contribution in [0.3, 0.4) is 0 Å². The fourth-order valence-corrected chi connectivity index (χ4v) is 4.30. The summed E-state index contributed by atoms with van der Waals surface area (Å²) < 4.78 is 29.5. The molecule has 0 unspecified atom stereocenters. The van der Waals surface area contributed by atoms with Gasteiger partial charge in [0.2, 0.25) is 0 Å². The molecule has 0 bridgehead atoms. The lowest BCUT2D eigenvalue weighted by molar-refractivity contribution is -0.0499. The van der Waals surface area contributed by atoms with E-state index in [2.05, 4.69) is 10.1 Å². The second kappa shape index (κ2) is 7.77. The fourth-order valence-electron chi connectivity index (χ4n) is 3.39. The lowest BCUT2D eigenvalue weighted by atomic mass is 9.92. The number of likely N-dealkylation sites (tertiary alicyclic amines) is 1. The van der Waals surface area contributed by atoms with Crippen molar-refractivity contribution in [2.75, 3.05) is 26.2 Å². The van der Waals surface area contributed by atoms with Crippen molar-refractivity contribution in [3.63, 3.8) is 0 Å². The van der Waals surface area contributed by atoms with Gasteiger partial charge in [0.25, 0.3) is 5.91 Å². The molecule has 2 aliphatic rings. The lowest BCUT2D eigenvalue weighted by Crippen LogP contribution is -2.32. The van der Waals surface area contributed by atoms with Gasteiger partial charge < -0.3 is 15.0 Å². The monoisotopic (exact) mass is 366 g/mol. The van der Waals surface area contributed by atoms with Crippen molar-refractivity contribution >= 4 is 29.7 Å². The van der Waals surface area contributed by atoms with E-state index in [1.54, 1.807) is 11.8 Å². The van der Waals surface area contributed by atoms with Gasteiger partial charge >= 0.3 is 6.61 Å². The molecule has 0 aromatic carbocycles. The van der Waals surface area contributed by atoms with Gasteiger partial charge in [-0.05, 0) is 50.8 Å². The molecular weight excluding hydrogens is 346 g/mol. The molecule has 3 heterocycles. The minimum Gasteiger partial charge on any atom is -0.433 e. The summed E-state index contributed by atoms with van der Waals surface area (Å²) in [6.45, 7) is 2.29. The molecule has 0 aliphatic carbocycles. The maximum absolute atomic E-state index is 12.7. The summed E-state index contributed by atoms with van der Waals surface area (Å²) in [5, 5.41) is 3.40. The molecule has 1 amide bonds. The Hall–Kier alpha value is -0.920. The topological polar surface area (TPSA) is 41.6 Å². The number of hydrogen-bond acceptors (Lipinski definition) is 4. The number of rotatable bonds is 3. The molecule has 1 aromatic rings. The zero-order valence-electron chi connectivity index (χ0n) is 12.9. The summed E-state index contributed by atoms with van der Waals surface area (Å²) in [5.41, 5.74) is 0. The van der Waals surface area contributed by atoms with Crippen LogP contribution in [0.15, 0.2) is 6.07 Å². The molecule has 1 N–H and O–H groups in total. The Kier molecular flexibility index (Phi) is 6.22.